The zero-order valence-corrected chi connectivity index (χ0v) is 20.5. The fourth-order valence-electron chi connectivity index (χ4n) is 3.45. The van der Waals surface area contributed by atoms with Crippen molar-refractivity contribution in [3.8, 4) is 11.1 Å². The van der Waals surface area contributed by atoms with Crippen molar-refractivity contribution in [2.45, 2.75) is 13.3 Å². The zero-order valence-electron chi connectivity index (χ0n) is 17.3. The highest BCUT2D eigenvalue weighted by Gasteiger charge is 2.25. The number of nitrogens with zero attached hydrogens (tertiary/aromatic N) is 1. The summed E-state index contributed by atoms with van der Waals surface area (Å²) in [4.78, 5) is 20.7. The first kappa shape index (κ1) is 23.4. The summed E-state index contributed by atoms with van der Waals surface area (Å²) in [6.07, 6.45) is 3.50. The Morgan fingerprint density at radius 2 is 1.91 bits per heavy atom. The van der Waals surface area contributed by atoms with E-state index in [9.17, 15) is 13.2 Å². The first-order valence-corrected chi connectivity index (χ1v) is 12.8. The molecule has 33 heavy (non-hydrogen) atoms. The van der Waals surface area contributed by atoms with Crippen molar-refractivity contribution in [3.05, 3.63) is 81.3 Å². The average Bonchev–Trinajstić information content (AvgIpc) is 3.19. The minimum atomic E-state index is -3.73. The molecular weight excluding hydrogens is 533 g/mol. The Bertz CT molecular complexity index is 1470. The molecule has 4 rings (SSSR count). The van der Waals surface area contributed by atoms with Crippen molar-refractivity contribution in [2.24, 2.45) is 0 Å². The van der Waals surface area contributed by atoms with Gasteiger partial charge in [0.15, 0.2) is 11.6 Å². The van der Waals surface area contributed by atoms with Crippen LogP contribution in [0.2, 0.25) is 5.02 Å². The van der Waals surface area contributed by atoms with Crippen LogP contribution in [0.3, 0.4) is 0 Å². The Morgan fingerprint density at radius 3 is 2.61 bits per heavy atom. The van der Waals surface area contributed by atoms with Crippen molar-refractivity contribution in [1.82, 2.24) is 9.97 Å². The maximum atomic E-state index is 15.3. The second-order valence-corrected chi connectivity index (χ2v) is 10.5. The molecule has 0 saturated carbocycles. The first-order valence-electron chi connectivity index (χ1n) is 9.96. The topological polar surface area (TPSA) is 91.9 Å². The summed E-state index contributed by atoms with van der Waals surface area (Å²) in [6, 6.07) is 11.7. The lowest BCUT2D eigenvalue weighted by Crippen LogP contribution is -2.18. The first-order chi connectivity index (χ1) is 15.7. The summed E-state index contributed by atoms with van der Waals surface area (Å²) in [5, 5.41) is 1.11. The Labute approximate surface area is 203 Å². The highest BCUT2D eigenvalue weighted by Crippen LogP contribution is 2.32. The van der Waals surface area contributed by atoms with Crippen LogP contribution in [0.4, 0.5) is 10.1 Å². The summed E-state index contributed by atoms with van der Waals surface area (Å²) in [5.74, 6) is -1.73. The number of hydrogen-bond acceptors (Lipinski definition) is 4. The fraction of sp³-hybridized carbons (Fsp3) is 0.130. The molecule has 0 fully saturated rings. The third kappa shape index (κ3) is 4.80. The van der Waals surface area contributed by atoms with Crippen LogP contribution in [0.15, 0.2) is 59.3 Å². The second-order valence-electron chi connectivity index (χ2n) is 7.36. The average molecular weight is 551 g/mol. The predicted molar refractivity (Wildman–Crippen MR) is 132 cm³/mol. The predicted octanol–water partition coefficient (Wildman–Crippen LogP) is 6.17. The molecule has 4 aromatic rings. The van der Waals surface area contributed by atoms with Crippen molar-refractivity contribution in [1.29, 1.82) is 0 Å². The largest absolute Gasteiger partial charge is 0.345 e. The van der Waals surface area contributed by atoms with Crippen LogP contribution < -0.4 is 4.72 Å². The number of carbonyl (C=O) groups excluding carboxylic acids is 1. The molecule has 10 heteroatoms. The Hall–Kier alpha value is -2.75. The van der Waals surface area contributed by atoms with Crippen molar-refractivity contribution >= 4 is 60.1 Å². The molecule has 0 unspecified atom stereocenters. The number of H-pyrrole nitrogens is 1. The summed E-state index contributed by atoms with van der Waals surface area (Å²) in [5.41, 5.74) is 1.73. The number of ketones is 1. The molecule has 0 aliphatic heterocycles. The number of pyridine rings is 1. The molecule has 170 valence electrons. The number of carbonyl (C=O) groups is 1. The lowest BCUT2D eigenvalue weighted by atomic mass is 10.0. The van der Waals surface area contributed by atoms with E-state index >= 15 is 4.39 Å². The van der Waals surface area contributed by atoms with Gasteiger partial charge < -0.3 is 4.98 Å². The highest BCUT2D eigenvalue weighted by molar-refractivity contribution is 9.10. The van der Waals surface area contributed by atoms with E-state index < -0.39 is 21.6 Å². The van der Waals surface area contributed by atoms with Crippen molar-refractivity contribution in [3.63, 3.8) is 0 Å². The van der Waals surface area contributed by atoms with E-state index in [0.29, 0.717) is 22.5 Å². The van der Waals surface area contributed by atoms with Gasteiger partial charge in [0.25, 0.3) is 0 Å². The summed E-state index contributed by atoms with van der Waals surface area (Å²) >= 11 is 9.19. The van der Waals surface area contributed by atoms with E-state index in [-0.39, 0.29) is 27.0 Å². The van der Waals surface area contributed by atoms with E-state index in [0.717, 1.165) is 11.1 Å². The lowest BCUT2D eigenvalue weighted by molar-refractivity contribution is 0.103. The van der Waals surface area contributed by atoms with Crippen LogP contribution in [0, 0.1) is 5.82 Å². The van der Waals surface area contributed by atoms with Crippen molar-refractivity contribution in [2.75, 3.05) is 10.5 Å². The van der Waals surface area contributed by atoms with Crippen LogP contribution in [0.1, 0.15) is 29.3 Å². The van der Waals surface area contributed by atoms with Gasteiger partial charge in [0.2, 0.25) is 10.0 Å². The summed E-state index contributed by atoms with van der Waals surface area (Å²) < 4.78 is 42.0. The lowest BCUT2D eigenvalue weighted by Gasteiger charge is -2.12. The second kappa shape index (κ2) is 9.24. The van der Waals surface area contributed by atoms with Crippen LogP contribution in [0.5, 0.6) is 0 Å². The van der Waals surface area contributed by atoms with E-state index in [1.54, 1.807) is 31.3 Å². The Morgan fingerprint density at radius 1 is 1.18 bits per heavy atom. The van der Waals surface area contributed by atoms with Gasteiger partial charge in [-0.05, 0) is 58.2 Å². The molecule has 0 spiro atoms. The fourth-order valence-corrected chi connectivity index (χ4v) is 5.20. The number of rotatable bonds is 7. The maximum absolute atomic E-state index is 15.3. The van der Waals surface area contributed by atoms with Gasteiger partial charge >= 0.3 is 0 Å². The third-order valence-corrected chi connectivity index (χ3v) is 7.40. The SMILES string of the molecule is CCCS(=O)(=O)Nc1ccc(Br)c(C(=O)c2c[nH]c3ncc(-c4ccc(Cl)cc4)cc23)c1F. The molecule has 0 aliphatic rings. The number of aromatic amines is 1. The molecule has 0 bridgehead atoms. The van der Waals surface area contributed by atoms with Crippen LogP contribution in [-0.2, 0) is 10.0 Å². The number of fused-ring (bicyclic) bond motifs is 1. The number of nitrogens with one attached hydrogen (secondary N) is 2. The van der Waals surface area contributed by atoms with Gasteiger partial charge in [0, 0.05) is 38.4 Å². The van der Waals surface area contributed by atoms with Gasteiger partial charge in [-0.15, -0.1) is 0 Å². The van der Waals surface area contributed by atoms with Crippen LogP contribution in [0.25, 0.3) is 22.2 Å². The standard InChI is InChI=1S/C23H18BrClFN3O3S/c1-2-9-33(31,32)29-19-8-7-18(24)20(21(19)26)22(30)17-12-28-23-16(17)10-14(11-27-23)13-3-5-15(25)6-4-13/h3-8,10-12,29H,2,9H2,1H3,(H,27,28). The number of hydrogen-bond donors (Lipinski definition) is 2. The van der Waals surface area contributed by atoms with Gasteiger partial charge in [-0.3, -0.25) is 9.52 Å². The van der Waals surface area contributed by atoms with Gasteiger partial charge in [-0.2, -0.15) is 0 Å². The van der Waals surface area contributed by atoms with E-state index in [1.165, 1.54) is 18.3 Å². The minimum Gasteiger partial charge on any atom is -0.345 e. The van der Waals surface area contributed by atoms with Crippen molar-refractivity contribution < 1.29 is 17.6 Å². The summed E-state index contributed by atoms with van der Waals surface area (Å²) in [6.45, 7) is 1.70. The van der Waals surface area contributed by atoms with E-state index in [1.807, 2.05) is 12.1 Å². The molecule has 2 N–H and O–H groups in total. The normalized spacial score (nSPS) is 11.6. The third-order valence-electron chi connectivity index (χ3n) is 5.01. The number of aromatic nitrogens is 2. The molecule has 0 saturated heterocycles. The van der Waals surface area contributed by atoms with Crippen LogP contribution in [-0.4, -0.2) is 29.9 Å². The Kier molecular flexibility index (Phi) is 6.56. The quantitative estimate of drug-likeness (QED) is 0.269. The van der Waals surface area contributed by atoms with E-state index in [2.05, 4.69) is 30.6 Å². The number of anilines is 1. The van der Waals surface area contributed by atoms with Gasteiger partial charge in [-0.1, -0.05) is 30.7 Å². The smallest absolute Gasteiger partial charge is 0.232 e. The molecule has 2 heterocycles. The van der Waals surface area contributed by atoms with Crippen LogP contribution >= 0.6 is 27.5 Å². The van der Waals surface area contributed by atoms with E-state index in [4.69, 9.17) is 11.6 Å². The molecule has 0 atom stereocenters. The Balaban J connectivity index is 1.78. The highest BCUT2D eigenvalue weighted by atomic mass is 79.9. The van der Waals surface area contributed by atoms with Gasteiger partial charge in [0.1, 0.15) is 5.65 Å². The number of benzene rings is 2. The molecule has 0 aliphatic carbocycles. The molecule has 2 aromatic heterocycles. The summed E-state index contributed by atoms with van der Waals surface area (Å²) in [7, 11) is -3.73. The monoisotopic (exact) mass is 549 g/mol. The maximum Gasteiger partial charge on any atom is 0.232 e. The van der Waals surface area contributed by atoms with Gasteiger partial charge in [-0.25, -0.2) is 17.8 Å². The number of halogens is 3. The minimum absolute atomic E-state index is 0.159. The molecule has 6 nitrogen and oxygen atoms in total. The number of sulfonamides is 1. The molecular formula is C23H18BrClFN3O3S. The molecule has 0 radical (unpaired) electrons. The molecule has 0 amide bonds. The zero-order chi connectivity index (χ0) is 23.8. The molecule has 2 aromatic carbocycles. The van der Waals surface area contributed by atoms with Gasteiger partial charge in [0.05, 0.1) is 17.0 Å².